The van der Waals surface area contributed by atoms with Crippen molar-refractivity contribution < 1.29 is 19.0 Å². The molecule has 3 aromatic rings. The molecule has 0 atom stereocenters. The van der Waals surface area contributed by atoms with E-state index in [1.807, 2.05) is 42.5 Å². The summed E-state index contributed by atoms with van der Waals surface area (Å²) in [5, 5.41) is 6.06. The molecule has 0 spiro atoms. The number of hydrogen-bond donors (Lipinski definition) is 1. The highest BCUT2D eigenvalue weighted by Crippen LogP contribution is 2.33. The number of halogens is 1. The van der Waals surface area contributed by atoms with Crippen molar-refractivity contribution in [1.29, 1.82) is 0 Å². The van der Waals surface area contributed by atoms with E-state index >= 15 is 0 Å². The smallest absolute Gasteiger partial charge is 0.277 e. The first-order valence-electron chi connectivity index (χ1n) is 8.47. The molecule has 144 valence electrons. The van der Waals surface area contributed by atoms with Crippen molar-refractivity contribution in [3.05, 3.63) is 64.6 Å². The van der Waals surface area contributed by atoms with Gasteiger partial charge in [-0.2, -0.15) is 5.10 Å². The lowest BCUT2D eigenvalue weighted by Crippen LogP contribution is -2.24. The fourth-order valence-corrected chi connectivity index (χ4v) is 3.30. The van der Waals surface area contributed by atoms with Crippen LogP contribution in [-0.2, 0) is 4.79 Å². The lowest BCUT2D eigenvalue weighted by molar-refractivity contribution is -0.123. The van der Waals surface area contributed by atoms with Gasteiger partial charge in [0.1, 0.15) is 5.75 Å². The van der Waals surface area contributed by atoms with Crippen molar-refractivity contribution in [2.24, 2.45) is 5.10 Å². The van der Waals surface area contributed by atoms with Crippen LogP contribution in [0.25, 0.3) is 10.8 Å². The van der Waals surface area contributed by atoms with Gasteiger partial charge < -0.3 is 14.2 Å². The summed E-state index contributed by atoms with van der Waals surface area (Å²) < 4.78 is 17.0. The zero-order valence-corrected chi connectivity index (χ0v) is 17.0. The quantitative estimate of drug-likeness (QED) is 0.440. The SMILES string of the molecule is COc1cccc(/C=N\NC(=O)COc2ccc3ccccc3c2Br)c1OC. The van der Waals surface area contributed by atoms with Crippen LogP contribution in [-0.4, -0.2) is 32.9 Å². The molecule has 0 heterocycles. The molecule has 6 nitrogen and oxygen atoms in total. The third-order valence-corrected chi connectivity index (χ3v) is 4.83. The van der Waals surface area contributed by atoms with E-state index in [0.29, 0.717) is 22.8 Å². The molecule has 0 aromatic heterocycles. The monoisotopic (exact) mass is 442 g/mol. The van der Waals surface area contributed by atoms with E-state index in [9.17, 15) is 4.79 Å². The lowest BCUT2D eigenvalue weighted by atomic mass is 10.1. The molecule has 0 aliphatic carbocycles. The summed E-state index contributed by atoms with van der Waals surface area (Å²) in [6, 6.07) is 17.1. The Hall–Kier alpha value is -3.06. The molecular weight excluding hydrogens is 424 g/mol. The lowest BCUT2D eigenvalue weighted by Gasteiger charge is -2.10. The average Bonchev–Trinajstić information content (AvgIpc) is 2.73. The fourth-order valence-electron chi connectivity index (χ4n) is 2.69. The Morgan fingerprint density at radius 1 is 1.04 bits per heavy atom. The van der Waals surface area contributed by atoms with Gasteiger partial charge in [-0.15, -0.1) is 0 Å². The molecule has 1 amide bonds. The minimum atomic E-state index is -0.377. The van der Waals surface area contributed by atoms with Crippen molar-refractivity contribution in [3.63, 3.8) is 0 Å². The molecule has 0 unspecified atom stereocenters. The molecule has 1 N–H and O–H groups in total. The average molecular weight is 443 g/mol. The molecule has 3 aromatic carbocycles. The second-order valence-electron chi connectivity index (χ2n) is 5.76. The number of hydrazone groups is 1. The zero-order valence-electron chi connectivity index (χ0n) is 15.4. The van der Waals surface area contributed by atoms with Gasteiger partial charge in [-0.05, 0) is 44.9 Å². The Bertz CT molecular complexity index is 1020. The Kier molecular flexibility index (Phi) is 6.49. The maximum atomic E-state index is 12.0. The van der Waals surface area contributed by atoms with Crippen LogP contribution in [0.4, 0.5) is 0 Å². The number of ether oxygens (including phenoxy) is 3. The van der Waals surface area contributed by atoms with Gasteiger partial charge in [0.15, 0.2) is 18.1 Å². The summed E-state index contributed by atoms with van der Waals surface area (Å²) in [5.74, 6) is 1.34. The number of amides is 1. The minimum absolute atomic E-state index is 0.163. The first kappa shape index (κ1) is 19.7. The van der Waals surface area contributed by atoms with Gasteiger partial charge in [-0.3, -0.25) is 4.79 Å². The Balaban J connectivity index is 1.61. The summed E-state index contributed by atoms with van der Waals surface area (Å²) in [7, 11) is 3.10. The summed E-state index contributed by atoms with van der Waals surface area (Å²) in [5.41, 5.74) is 3.12. The van der Waals surface area contributed by atoms with Crippen LogP contribution in [0.1, 0.15) is 5.56 Å². The Morgan fingerprint density at radius 3 is 2.64 bits per heavy atom. The van der Waals surface area contributed by atoms with Gasteiger partial charge in [-0.25, -0.2) is 5.43 Å². The van der Waals surface area contributed by atoms with E-state index in [2.05, 4.69) is 26.5 Å². The van der Waals surface area contributed by atoms with Crippen LogP contribution in [0.2, 0.25) is 0 Å². The summed E-state index contributed by atoms with van der Waals surface area (Å²) >= 11 is 3.53. The van der Waals surface area contributed by atoms with E-state index < -0.39 is 0 Å². The second-order valence-corrected chi connectivity index (χ2v) is 6.56. The molecule has 0 aliphatic heterocycles. The predicted molar refractivity (Wildman–Crippen MR) is 112 cm³/mol. The highest BCUT2D eigenvalue weighted by molar-refractivity contribution is 9.10. The Morgan fingerprint density at radius 2 is 1.86 bits per heavy atom. The fraction of sp³-hybridized carbons (Fsp3) is 0.143. The van der Waals surface area contributed by atoms with E-state index in [1.54, 1.807) is 26.4 Å². The molecule has 0 saturated carbocycles. The third kappa shape index (κ3) is 4.43. The number of carbonyl (C=O) groups is 1. The van der Waals surface area contributed by atoms with E-state index in [4.69, 9.17) is 14.2 Å². The molecule has 0 aliphatic rings. The highest BCUT2D eigenvalue weighted by Gasteiger charge is 2.09. The van der Waals surface area contributed by atoms with Crippen LogP contribution in [0.15, 0.2) is 64.2 Å². The van der Waals surface area contributed by atoms with Crippen LogP contribution in [0.3, 0.4) is 0 Å². The molecule has 28 heavy (non-hydrogen) atoms. The molecule has 7 heteroatoms. The van der Waals surface area contributed by atoms with Crippen molar-refractivity contribution in [1.82, 2.24) is 5.43 Å². The standard InChI is InChI=1S/C21H19BrN2O4/c1-26-18-9-5-7-15(21(18)27-2)12-23-24-19(25)13-28-17-11-10-14-6-3-4-8-16(14)20(17)22/h3-12H,13H2,1-2H3,(H,24,25)/b23-12-. The summed E-state index contributed by atoms with van der Waals surface area (Å²) in [6.07, 6.45) is 1.49. The van der Waals surface area contributed by atoms with Crippen LogP contribution in [0.5, 0.6) is 17.2 Å². The maximum Gasteiger partial charge on any atom is 0.277 e. The van der Waals surface area contributed by atoms with E-state index in [1.165, 1.54) is 6.21 Å². The number of nitrogens with one attached hydrogen (secondary N) is 1. The van der Waals surface area contributed by atoms with Gasteiger partial charge in [0.05, 0.1) is 24.9 Å². The normalized spacial score (nSPS) is 10.8. The van der Waals surface area contributed by atoms with E-state index in [0.717, 1.165) is 15.2 Å². The van der Waals surface area contributed by atoms with Crippen LogP contribution in [0, 0.1) is 0 Å². The number of benzene rings is 3. The van der Waals surface area contributed by atoms with Crippen molar-refractivity contribution in [2.45, 2.75) is 0 Å². The number of rotatable bonds is 7. The number of fused-ring (bicyclic) bond motifs is 1. The van der Waals surface area contributed by atoms with Gasteiger partial charge in [0.25, 0.3) is 5.91 Å². The largest absolute Gasteiger partial charge is 0.493 e. The highest BCUT2D eigenvalue weighted by atomic mass is 79.9. The van der Waals surface area contributed by atoms with Crippen molar-refractivity contribution in [2.75, 3.05) is 20.8 Å². The maximum absolute atomic E-state index is 12.0. The first-order chi connectivity index (χ1) is 13.6. The van der Waals surface area contributed by atoms with Crippen molar-refractivity contribution >= 4 is 38.8 Å². The first-order valence-corrected chi connectivity index (χ1v) is 9.26. The van der Waals surface area contributed by atoms with Crippen LogP contribution >= 0.6 is 15.9 Å². The third-order valence-electron chi connectivity index (χ3n) is 4.01. The number of methoxy groups -OCH3 is 2. The molecule has 0 radical (unpaired) electrons. The molecule has 3 rings (SSSR count). The zero-order chi connectivity index (χ0) is 19.9. The minimum Gasteiger partial charge on any atom is -0.493 e. The molecule has 0 fully saturated rings. The number of nitrogens with zero attached hydrogens (tertiary/aromatic N) is 1. The summed E-state index contributed by atoms with van der Waals surface area (Å²) in [6.45, 7) is -0.163. The number of para-hydroxylation sites is 1. The van der Waals surface area contributed by atoms with Crippen LogP contribution < -0.4 is 19.6 Å². The molecule has 0 saturated heterocycles. The second kappa shape index (κ2) is 9.23. The van der Waals surface area contributed by atoms with Gasteiger partial charge in [-0.1, -0.05) is 36.4 Å². The van der Waals surface area contributed by atoms with Crippen molar-refractivity contribution in [3.8, 4) is 17.2 Å². The topological polar surface area (TPSA) is 69.2 Å². The molecule has 0 bridgehead atoms. The number of hydrogen-bond acceptors (Lipinski definition) is 5. The van der Waals surface area contributed by atoms with Gasteiger partial charge in [0, 0.05) is 5.56 Å². The number of carbonyl (C=O) groups excluding carboxylic acids is 1. The van der Waals surface area contributed by atoms with E-state index in [-0.39, 0.29) is 12.5 Å². The Labute approximate surface area is 171 Å². The predicted octanol–water partition coefficient (Wildman–Crippen LogP) is 4.15. The summed E-state index contributed by atoms with van der Waals surface area (Å²) in [4.78, 5) is 12.0. The molecular formula is C21H19BrN2O4. The van der Waals surface area contributed by atoms with Gasteiger partial charge in [0.2, 0.25) is 0 Å². The van der Waals surface area contributed by atoms with Gasteiger partial charge >= 0.3 is 0 Å².